The summed E-state index contributed by atoms with van der Waals surface area (Å²) in [6, 6.07) is 13.0. The van der Waals surface area contributed by atoms with Gasteiger partial charge in [0.15, 0.2) is 11.3 Å². The smallest absolute Gasteiger partial charge is 0.256 e. The Labute approximate surface area is 144 Å². The van der Waals surface area contributed by atoms with Gasteiger partial charge in [-0.3, -0.25) is 9.78 Å². The molecule has 0 bridgehead atoms. The van der Waals surface area contributed by atoms with Crippen LogP contribution >= 0.6 is 0 Å². The average molecular weight is 332 g/mol. The van der Waals surface area contributed by atoms with Crippen molar-refractivity contribution in [1.82, 2.24) is 4.98 Å². The molecule has 0 radical (unpaired) electrons. The minimum atomic E-state index is -0.218. The molecule has 0 aliphatic rings. The van der Waals surface area contributed by atoms with Gasteiger partial charge in [-0.1, -0.05) is 11.6 Å². The number of carbonyl (C=O) groups is 1. The van der Waals surface area contributed by atoms with Crippen molar-refractivity contribution >= 4 is 33.5 Å². The van der Waals surface area contributed by atoms with Gasteiger partial charge in [0.05, 0.1) is 24.6 Å². The van der Waals surface area contributed by atoms with Gasteiger partial charge in [-0.05, 0) is 43.3 Å². The first-order valence-corrected chi connectivity index (χ1v) is 7.88. The molecule has 5 nitrogen and oxygen atoms in total. The number of aryl methyl sites for hydroxylation is 1. The van der Waals surface area contributed by atoms with Gasteiger partial charge in [0, 0.05) is 17.0 Å². The molecular weight excluding hydrogens is 316 g/mol. The first-order valence-electron chi connectivity index (χ1n) is 7.88. The van der Waals surface area contributed by atoms with Crippen molar-refractivity contribution < 1.29 is 13.9 Å². The van der Waals surface area contributed by atoms with E-state index in [2.05, 4.69) is 10.3 Å². The molecule has 0 aliphatic carbocycles. The fraction of sp³-hybridized carbons (Fsp3) is 0.100. The summed E-state index contributed by atoms with van der Waals surface area (Å²) in [7, 11) is 1.59. The van der Waals surface area contributed by atoms with E-state index in [1.165, 1.54) is 0 Å². The number of carbonyl (C=O) groups excluding carboxylic acids is 1. The highest BCUT2D eigenvalue weighted by atomic mass is 16.5. The van der Waals surface area contributed by atoms with E-state index in [0.29, 0.717) is 22.6 Å². The number of rotatable bonds is 3. The highest BCUT2D eigenvalue weighted by Crippen LogP contribution is 2.37. The van der Waals surface area contributed by atoms with Crippen molar-refractivity contribution in [2.45, 2.75) is 6.92 Å². The SMILES string of the molecule is COc1ccc(C(=O)Nc2cccnc2)c2c1oc1ccc(C)cc12. The Hall–Kier alpha value is -3.34. The largest absolute Gasteiger partial charge is 0.493 e. The molecule has 4 rings (SSSR count). The number of fused-ring (bicyclic) bond motifs is 3. The number of aromatic nitrogens is 1. The molecular formula is C20H16N2O3. The van der Waals surface area contributed by atoms with E-state index >= 15 is 0 Å². The van der Waals surface area contributed by atoms with Crippen LogP contribution in [0, 0.1) is 6.92 Å². The highest BCUT2D eigenvalue weighted by Gasteiger charge is 2.19. The fourth-order valence-electron chi connectivity index (χ4n) is 2.96. The maximum atomic E-state index is 12.8. The van der Waals surface area contributed by atoms with Crippen LogP contribution in [-0.4, -0.2) is 18.0 Å². The van der Waals surface area contributed by atoms with Crippen LogP contribution in [-0.2, 0) is 0 Å². The lowest BCUT2D eigenvalue weighted by Gasteiger charge is -2.08. The molecule has 1 N–H and O–H groups in total. The van der Waals surface area contributed by atoms with Crippen LogP contribution < -0.4 is 10.1 Å². The molecule has 124 valence electrons. The molecule has 0 saturated carbocycles. The average Bonchev–Trinajstić information content (AvgIpc) is 3.00. The zero-order chi connectivity index (χ0) is 17.4. The van der Waals surface area contributed by atoms with Crippen molar-refractivity contribution in [1.29, 1.82) is 0 Å². The normalized spacial score (nSPS) is 11.0. The minimum Gasteiger partial charge on any atom is -0.493 e. The number of hydrogen-bond acceptors (Lipinski definition) is 4. The molecule has 0 fully saturated rings. The number of nitrogens with zero attached hydrogens (tertiary/aromatic N) is 1. The first-order chi connectivity index (χ1) is 12.2. The zero-order valence-electron chi connectivity index (χ0n) is 13.9. The van der Waals surface area contributed by atoms with E-state index in [4.69, 9.17) is 9.15 Å². The molecule has 0 atom stereocenters. The lowest BCUT2D eigenvalue weighted by atomic mass is 10.0. The molecule has 25 heavy (non-hydrogen) atoms. The van der Waals surface area contributed by atoms with Gasteiger partial charge < -0.3 is 14.5 Å². The van der Waals surface area contributed by atoms with Crippen molar-refractivity contribution in [3.63, 3.8) is 0 Å². The minimum absolute atomic E-state index is 0.218. The molecule has 4 aromatic rings. The van der Waals surface area contributed by atoms with Gasteiger partial charge in [-0.25, -0.2) is 0 Å². The molecule has 5 heteroatoms. The van der Waals surface area contributed by atoms with E-state index in [1.54, 1.807) is 43.8 Å². The summed E-state index contributed by atoms with van der Waals surface area (Å²) >= 11 is 0. The molecule has 2 aromatic heterocycles. The number of hydrogen-bond donors (Lipinski definition) is 1. The number of methoxy groups -OCH3 is 1. The Bertz CT molecular complexity index is 1080. The van der Waals surface area contributed by atoms with E-state index in [9.17, 15) is 4.79 Å². The third kappa shape index (κ3) is 2.59. The Morgan fingerprint density at radius 3 is 2.84 bits per heavy atom. The van der Waals surface area contributed by atoms with Crippen LogP contribution in [0.15, 0.2) is 59.3 Å². The van der Waals surface area contributed by atoms with E-state index in [-0.39, 0.29) is 5.91 Å². The van der Waals surface area contributed by atoms with Gasteiger partial charge in [0.2, 0.25) is 0 Å². The Morgan fingerprint density at radius 1 is 1.20 bits per heavy atom. The number of furan rings is 1. The van der Waals surface area contributed by atoms with Crippen LogP contribution in [0.3, 0.4) is 0 Å². The van der Waals surface area contributed by atoms with E-state index in [1.807, 2.05) is 25.1 Å². The van der Waals surface area contributed by atoms with Crippen molar-refractivity contribution in [2.75, 3.05) is 12.4 Å². The summed E-state index contributed by atoms with van der Waals surface area (Å²) in [5.74, 6) is 0.381. The Morgan fingerprint density at radius 2 is 2.08 bits per heavy atom. The number of pyridine rings is 1. The van der Waals surface area contributed by atoms with Gasteiger partial charge in [-0.2, -0.15) is 0 Å². The molecule has 2 aromatic carbocycles. The number of ether oxygens (including phenoxy) is 1. The number of nitrogens with one attached hydrogen (secondary N) is 1. The quantitative estimate of drug-likeness (QED) is 0.598. The number of amides is 1. The lowest BCUT2D eigenvalue weighted by Crippen LogP contribution is -2.12. The molecule has 0 spiro atoms. The summed E-state index contributed by atoms with van der Waals surface area (Å²) < 4.78 is 11.4. The maximum absolute atomic E-state index is 12.8. The van der Waals surface area contributed by atoms with Crippen molar-refractivity contribution in [2.24, 2.45) is 0 Å². The number of anilines is 1. The lowest BCUT2D eigenvalue weighted by molar-refractivity contribution is 0.102. The second kappa shape index (κ2) is 5.94. The number of benzene rings is 2. The van der Waals surface area contributed by atoms with Gasteiger partial charge in [0.1, 0.15) is 5.58 Å². The van der Waals surface area contributed by atoms with Gasteiger partial charge in [-0.15, -0.1) is 0 Å². The predicted molar refractivity (Wildman–Crippen MR) is 97.2 cm³/mol. The molecule has 0 aliphatic heterocycles. The summed E-state index contributed by atoms with van der Waals surface area (Å²) in [5, 5.41) is 4.52. The molecule has 2 heterocycles. The third-order valence-electron chi connectivity index (χ3n) is 4.12. The monoisotopic (exact) mass is 332 g/mol. The van der Waals surface area contributed by atoms with E-state index < -0.39 is 0 Å². The standard InChI is InChI=1S/C20H16N2O3/c1-12-5-7-16-15(10-12)18-14(6-8-17(24-2)19(18)25-16)20(23)22-13-4-3-9-21-11-13/h3-11H,1-2H3,(H,22,23). The van der Waals surface area contributed by atoms with Crippen molar-refractivity contribution in [3.8, 4) is 5.75 Å². The predicted octanol–water partition coefficient (Wildman–Crippen LogP) is 4.55. The maximum Gasteiger partial charge on any atom is 0.256 e. The van der Waals surface area contributed by atoms with Crippen LogP contribution in [0.1, 0.15) is 15.9 Å². The second-order valence-electron chi connectivity index (χ2n) is 5.82. The Kier molecular flexibility index (Phi) is 3.61. The third-order valence-corrected chi connectivity index (χ3v) is 4.12. The molecule has 0 unspecified atom stereocenters. The van der Waals surface area contributed by atoms with Crippen LogP contribution in [0.2, 0.25) is 0 Å². The van der Waals surface area contributed by atoms with E-state index in [0.717, 1.165) is 21.9 Å². The fourth-order valence-corrected chi connectivity index (χ4v) is 2.96. The first kappa shape index (κ1) is 15.2. The topological polar surface area (TPSA) is 64.4 Å². The summed E-state index contributed by atoms with van der Waals surface area (Å²) in [4.78, 5) is 16.9. The second-order valence-corrected chi connectivity index (χ2v) is 5.82. The molecule has 1 amide bonds. The summed E-state index contributed by atoms with van der Waals surface area (Å²) in [6.07, 6.45) is 3.27. The van der Waals surface area contributed by atoms with Crippen LogP contribution in [0.4, 0.5) is 5.69 Å². The van der Waals surface area contributed by atoms with Crippen LogP contribution in [0.25, 0.3) is 21.9 Å². The summed E-state index contributed by atoms with van der Waals surface area (Å²) in [6.45, 7) is 2.01. The highest BCUT2D eigenvalue weighted by molar-refractivity contribution is 6.20. The zero-order valence-corrected chi connectivity index (χ0v) is 13.9. The van der Waals surface area contributed by atoms with Crippen molar-refractivity contribution in [3.05, 3.63) is 66.0 Å². The molecule has 0 saturated heterocycles. The van der Waals surface area contributed by atoms with Crippen LogP contribution in [0.5, 0.6) is 5.75 Å². The van der Waals surface area contributed by atoms with Gasteiger partial charge in [0.25, 0.3) is 5.91 Å². The Balaban J connectivity index is 1.92. The summed E-state index contributed by atoms with van der Waals surface area (Å²) in [5.41, 5.74) is 3.56. The van der Waals surface area contributed by atoms with Gasteiger partial charge >= 0.3 is 0 Å².